The van der Waals surface area contributed by atoms with Gasteiger partial charge >= 0.3 is 0 Å². The van der Waals surface area contributed by atoms with Gasteiger partial charge in [-0.05, 0) is 117 Å². The molecular weight excluding hydrogens is 452 g/mol. The Labute approximate surface area is 216 Å². The summed E-state index contributed by atoms with van der Waals surface area (Å²) in [7, 11) is 0. The maximum absolute atomic E-state index is 12.6. The number of aliphatic hydroxyl groups excluding tert-OH is 3. The lowest BCUT2D eigenvalue weighted by Gasteiger charge is -2.63. The molecule has 0 aromatic carbocycles. The number of anilines is 1. The molecule has 0 saturated heterocycles. The number of aromatic nitrogens is 1. The molecule has 1 amide bonds. The van der Waals surface area contributed by atoms with Crippen molar-refractivity contribution < 1.29 is 20.1 Å². The zero-order valence-electron chi connectivity index (χ0n) is 22.5. The number of nitrogens with zero attached hydrogens (tertiary/aromatic N) is 1. The van der Waals surface area contributed by atoms with E-state index in [2.05, 4.69) is 31.1 Å². The van der Waals surface area contributed by atoms with Crippen molar-refractivity contribution >= 4 is 11.7 Å². The highest BCUT2D eigenvalue weighted by Gasteiger charge is 2.65. The first-order valence-electron chi connectivity index (χ1n) is 14.3. The molecular formula is C30H46N2O4. The molecule has 0 bridgehead atoms. The van der Waals surface area contributed by atoms with E-state index in [1.807, 2.05) is 25.1 Å². The molecule has 0 radical (unpaired) electrons. The Morgan fingerprint density at radius 1 is 1.11 bits per heavy atom. The van der Waals surface area contributed by atoms with Crippen LogP contribution in [0.5, 0.6) is 0 Å². The van der Waals surface area contributed by atoms with Crippen molar-refractivity contribution in [2.45, 2.75) is 104 Å². The molecule has 6 nitrogen and oxygen atoms in total. The number of nitrogens with one attached hydrogen (secondary N) is 1. The van der Waals surface area contributed by atoms with Gasteiger partial charge in [-0.2, -0.15) is 0 Å². The number of pyridine rings is 1. The second-order valence-electron chi connectivity index (χ2n) is 13.3. The van der Waals surface area contributed by atoms with E-state index in [-0.39, 0.29) is 34.9 Å². The van der Waals surface area contributed by atoms with Crippen molar-refractivity contribution in [1.29, 1.82) is 0 Å². The molecule has 1 aromatic heterocycles. The number of carbonyl (C=O) groups is 1. The Balaban J connectivity index is 1.28. The summed E-state index contributed by atoms with van der Waals surface area (Å²) in [6.07, 6.45) is 6.49. The fourth-order valence-corrected chi connectivity index (χ4v) is 9.51. The summed E-state index contributed by atoms with van der Waals surface area (Å²) >= 11 is 0. The van der Waals surface area contributed by atoms with Gasteiger partial charge in [0.2, 0.25) is 5.91 Å². The molecule has 4 aliphatic carbocycles. The van der Waals surface area contributed by atoms with Gasteiger partial charge in [-0.1, -0.05) is 26.8 Å². The lowest BCUT2D eigenvalue weighted by atomic mass is 9.43. The third kappa shape index (κ3) is 4.31. The largest absolute Gasteiger partial charge is 0.393 e. The summed E-state index contributed by atoms with van der Waals surface area (Å²) in [5.41, 5.74) is 0.745. The van der Waals surface area contributed by atoms with E-state index in [9.17, 15) is 20.1 Å². The van der Waals surface area contributed by atoms with E-state index in [0.717, 1.165) is 57.1 Å². The molecule has 0 spiro atoms. The fraction of sp³-hybridized carbons (Fsp3) is 0.800. The van der Waals surface area contributed by atoms with Crippen molar-refractivity contribution in [3.05, 3.63) is 23.9 Å². The SMILES string of the molecule is Cc1cccc(NC(=O)CC[C@@H](C)[C@@H]2CC[C@@H]3[C@@H]4[C@H](O)C[C@H]5C[C@H](O)CC[C@]5(C)[C@@H]4C[C@H](O)[C@@]32C)n1. The van der Waals surface area contributed by atoms with Crippen LogP contribution in [0.15, 0.2) is 18.2 Å². The third-order valence-electron chi connectivity index (χ3n) is 11.5. The number of rotatable bonds is 5. The molecule has 4 N–H and O–H groups in total. The summed E-state index contributed by atoms with van der Waals surface area (Å²) in [6.45, 7) is 8.80. The van der Waals surface area contributed by atoms with E-state index in [1.165, 1.54) is 0 Å². The highest BCUT2D eigenvalue weighted by molar-refractivity contribution is 5.89. The number of hydrogen-bond acceptors (Lipinski definition) is 5. The molecule has 1 heterocycles. The van der Waals surface area contributed by atoms with Gasteiger partial charge in [-0.3, -0.25) is 4.79 Å². The molecule has 4 aliphatic rings. The zero-order valence-corrected chi connectivity index (χ0v) is 22.5. The highest BCUT2D eigenvalue weighted by atomic mass is 16.3. The van der Waals surface area contributed by atoms with E-state index in [4.69, 9.17) is 0 Å². The number of hydrogen-bond donors (Lipinski definition) is 4. The first-order valence-corrected chi connectivity index (χ1v) is 14.3. The third-order valence-corrected chi connectivity index (χ3v) is 11.5. The number of carbonyl (C=O) groups excluding carboxylic acids is 1. The summed E-state index contributed by atoms with van der Waals surface area (Å²) in [4.78, 5) is 17.0. The highest BCUT2D eigenvalue weighted by Crippen LogP contribution is 2.68. The Morgan fingerprint density at radius 2 is 1.89 bits per heavy atom. The topological polar surface area (TPSA) is 103 Å². The van der Waals surface area contributed by atoms with E-state index >= 15 is 0 Å². The standard InChI is InChI=1S/C30H46N2O4/c1-17(8-11-27(36)32-26-7-5-6-18(2)31-26)21-9-10-22-28-23(16-25(35)30(21,22)4)29(3)13-12-20(33)14-19(29)15-24(28)34/h5-7,17,19-25,28,33-35H,8-16H2,1-4H3,(H,31,32,36)/t17-,19-,20-,21+,22-,23-,24-,25+,28+,29+,30-/m1/s1. The number of fused-ring (bicyclic) bond motifs is 5. The average Bonchev–Trinajstić information content (AvgIpc) is 3.18. The number of amides is 1. The van der Waals surface area contributed by atoms with E-state index in [1.54, 1.807) is 0 Å². The number of aliphatic hydroxyl groups is 3. The monoisotopic (exact) mass is 498 g/mol. The van der Waals surface area contributed by atoms with Crippen molar-refractivity contribution in [2.24, 2.45) is 46.3 Å². The van der Waals surface area contributed by atoms with Gasteiger partial charge in [-0.15, -0.1) is 0 Å². The van der Waals surface area contributed by atoms with Crippen molar-refractivity contribution in [3.63, 3.8) is 0 Å². The van der Waals surface area contributed by atoms with Crippen LogP contribution < -0.4 is 5.32 Å². The van der Waals surface area contributed by atoms with Crippen molar-refractivity contribution in [1.82, 2.24) is 4.98 Å². The lowest BCUT2D eigenvalue weighted by Crippen LogP contribution is -2.62. The van der Waals surface area contributed by atoms with Crippen LogP contribution in [0.2, 0.25) is 0 Å². The minimum atomic E-state index is -0.390. The Kier molecular flexibility index (Phi) is 7.01. The summed E-state index contributed by atoms with van der Waals surface area (Å²) < 4.78 is 0. The van der Waals surface area contributed by atoms with Gasteiger partial charge < -0.3 is 20.6 Å². The second-order valence-corrected chi connectivity index (χ2v) is 13.3. The van der Waals surface area contributed by atoms with Gasteiger partial charge in [0, 0.05) is 12.1 Å². The van der Waals surface area contributed by atoms with Crippen molar-refractivity contribution in [2.75, 3.05) is 5.32 Å². The van der Waals surface area contributed by atoms with E-state index in [0.29, 0.717) is 41.8 Å². The Hall–Kier alpha value is -1.50. The van der Waals surface area contributed by atoms with Gasteiger partial charge in [0.15, 0.2) is 0 Å². The van der Waals surface area contributed by atoms with Gasteiger partial charge in [0.1, 0.15) is 5.82 Å². The van der Waals surface area contributed by atoms with Crippen LogP contribution in [-0.2, 0) is 4.79 Å². The predicted octanol–water partition coefficient (Wildman–Crippen LogP) is 4.71. The molecule has 0 unspecified atom stereocenters. The quantitative estimate of drug-likeness (QED) is 0.471. The normalized spacial score (nSPS) is 44.8. The Morgan fingerprint density at radius 3 is 2.64 bits per heavy atom. The summed E-state index contributed by atoms with van der Waals surface area (Å²) in [5, 5.41) is 36.4. The zero-order chi connectivity index (χ0) is 25.8. The van der Waals surface area contributed by atoms with Crippen LogP contribution in [0.1, 0.15) is 84.3 Å². The molecule has 5 rings (SSSR count). The Bertz CT molecular complexity index is 970. The molecule has 36 heavy (non-hydrogen) atoms. The smallest absolute Gasteiger partial charge is 0.225 e. The molecule has 200 valence electrons. The van der Waals surface area contributed by atoms with Crippen LogP contribution in [-0.4, -0.2) is 44.5 Å². The maximum atomic E-state index is 12.6. The molecule has 1 aromatic rings. The minimum absolute atomic E-state index is 0.00920. The second kappa shape index (κ2) is 9.67. The summed E-state index contributed by atoms with van der Waals surface area (Å²) in [6, 6.07) is 5.63. The molecule has 4 fully saturated rings. The minimum Gasteiger partial charge on any atom is -0.393 e. The first kappa shape index (κ1) is 26.1. The van der Waals surface area contributed by atoms with Crippen LogP contribution >= 0.6 is 0 Å². The lowest BCUT2D eigenvalue weighted by molar-refractivity contribution is -0.207. The van der Waals surface area contributed by atoms with Crippen LogP contribution in [0.3, 0.4) is 0 Å². The van der Waals surface area contributed by atoms with Gasteiger partial charge in [0.05, 0.1) is 18.3 Å². The molecule has 4 saturated carbocycles. The van der Waals surface area contributed by atoms with Crippen LogP contribution in [0.4, 0.5) is 5.82 Å². The summed E-state index contributed by atoms with van der Waals surface area (Å²) in [5.74, 6) is 2.43. The molecule has 0 aliphatic heterocycles. The average molecular weight is 499 g/mol. The van der Waals surface area contributed by atoms with Gasteiger partial charge in [0.25, 0.3) is 0 Å². The fourth-order valence-electron chi connectivity index (χ4n) is 9.51. The van der Waals surface area contributed by atoms with Gasteiger partial charge in [-0.25, -0.2) is 4.98 Å². The maximum Gasteiger partial charge on any atom is 0.225 e. The predicted molar refractivity (Wildman–Crippen MR) is 140 cm³/mol. The molecule has 6 heteroatoms. The molecule has 11 atom stereocenters. The van der Waals surface area contributed by atoms with Crippen LogP contribution in [0.25, 0.3) is 0 Å². The number of aryl methyl sites for hydroxylation is 1. The van der Waals surface area contributed by atoms with E-state index < -0.39 is 6.10 Å². The van der Waals surface area contributed by atoms with Crippen molar-refractivity contribution in [3.8, 4) is 0 Å². The van der Waals surface area contributed by atoms with Crippen LogP contribution in [0, 0.1) is 53.3 Å². The first-order chi connectivity index (χ1) is 17.0.